The van der Waals surface area contributed by atoms with Gasteiger partial charge in [0.05, 0.1) is 5.52 Å². The summed E-state index contributed by atoms with van der Waals surface area (Å²) in [5.41, 5.74) is 0.782. The van der Waals surface area contributed by atoms with Crippen molar-refractivity contribution >= 4 is 24.9 Å². The van der Waals surface area contributed by atoms with Gasteiger partial charge in [0.25, 0.3) is 0 Å². The fourth-order valence-electron chi connectivity index (χ4n) is 3.20. The van der Waals surface area contributed by atoms with Gasteiger partial charge in [0, 0.05) is 33.2 Å². The van der Waals surface area contributed by atoms with Crippen LogP contribution in [0.1, 0.15) is 16.9 Å². The lowest BCUT2D eigenvalue weighted by atomic mass is 10.2. The van der Waals surface area contributed by atoms with Crippen molar-refractivity contribution in [3.05, 3.63) is 23.9 Å². The molecule has 1 N–H and O–H groups in total. The molecule has 1 fully saturated rings. The summed E-state index contributed by atoms with van der Waals surface area (Å²) in [6, 6.07) is 6.59. The van der Waals surface area contributed by atoms with Gasteiger partial charge in [-0.2, -0.15) is 5.10 Å². The van der Waals surface area contributed by atoms with Crippen LogP contribution in [0.2, 0.25) is 25.7 Å². The van der Waals surface area contributed by atoms with E-state index in [-0.39, 0.29) is 18.5 Å². The van der Waals surface area contributed by atoms with Crippen molar-refractivity contribution in [3.63, 3.8) is 0 Å². The van der Waals surface area contributed by atoms with Crippen molar-refractivity contribution in [1.82, 2.24) is 14.7 Å². The van der Waals surface area contributed by atoms with Crippen LogP contribution in [0, 0.1) is 0 Å². The van der Waals surface area contributed by atoms with Gasteiger partial charge in [0.2, 0.25) is 0 Å². The number of carbonyl (C=O) groups is 1. The Kier molecular flexibility index (Phi) is 5.88. The number of ether oxygens (including phenoxy) is 2. The van der Waals surface area contributed by atoms with Gasteiger partial charge in [-0.25, -0.2) is 9.48 Å². The molecule has 1 unspecified atom stereocenters. The second-order valence-electron chi connectivity index (χ2n) is 8.47. The number of hydrogen-bond acceptors (Lipinski definition) is 5. The van der Waals surface area contributed by atoms with Crippen molar-refractivity contribution in [1.29, 1.82) is 0 Å². The molecular formula is C19H29N3O4Si. The Bertz CT molecular complexity index is 815. The average Bonchev–Trinajstić information content (AvgIpc) is 3.14. The standard InChI is InChI=1S/C19H29N3O4Si/c1-21-8-7-15(12-21)26-14-5-6-17-16(11-14)18(19(23)24)20-22(17)13-25-9-10-27(2,3)4/h5-6,11,15H,7-10,12-13H2,1-4H3,(H,23,24). The fraction of sp³-hybridized carbons (Fsp3) is 0.579. The summed E-state index contributed by atoms with van der Waals surface area (Å²) in [5.74, 6) is -0.358. The van der Waals surface area contributed by atoms with Gasteiger partial charge in [-0.1, -0.05) is 19.6 Å². The predicted octanol–water partition coefficient (Wildman–Crippen LogP) is 3.13. The van der Waals surface area contributed by atoms with Gasteiger partial charge in [-0.15, -0.1) is 0 Å². The molecule has 7 nitrogen and oxygen atoms in total. The van der Waals surface area contributed by atoms with E-state index >= 15 is 0 Å². The summed E-state index contributed by atoms with van der Waals surface area (Å²) in [6.45, 7) is 9.70. The molecule has 1 atom stereocenters. The number of aromatic carboxylic acids is 1. The molecule has 0 bridgehead atoms. The number of carboxylic acids is 1. The maximum absolute atomic E-state index is 11.6. The minimum atomic E-state index is -1.16. The van der Waals surface area contributed by atoms with Crippen LogP contribution in [0.15, 0.2) is 18.2 Å². The van der Waals surface area contributed by atoms with E-state index in [0.29, 0.717) is 17.7 Å². The molecule has 1 saturated heterocycles. The first-order valence-electron chi connectivity index (χ1n) is 9.40. The van der Waals surface area contributed by atoms with E-state index in [1.165, 1.54) is 0 Å². The number of likely N-dealkylation sites (tertiary alicyclic amines) is 1. The highest BCUT2D eigenvalue weighted by Gasteiger charge is 2.22. The van der Waals surface area contributed by atoms with Crippen LogP contribution in [0.25, 0.3) is 10.9 Å². The van der Waals surface area contributed by atoms with Crippen LogP contribution in [0.3, 0.4) is 0 Å². The Morgan fingerprint density at radius 2 is 2.15 bits per heavy atom. The van der Waals surface area contributed by atoms with Crippen LogP contribution in [-0.2, 0) is 11.5 Å². The normalized spacial score (nSPS) is 18.3. The predicted molar refractivity (Wildman–Crippen MR) is 107 cm³/mol. The molecular weight excluding hydrogens is 362 g/mol. The molecule has 148 valence electrons. The first-order chi connectivity index (χ1) is 12.7. The molecule has 1 aliphatic rings. The highest BCUT2D eigenvalue weighted by molar-refractivity contribution is 6.76. The number of nitrogens with zero attached hydrogens (tertiary/aromatic N) is 3. The van der Waals surface area contributed by atoms with E-state index in [0.717, 1.165) is 31.1 Å². The molecule has 2 heterocycles. The second-order valence-corrected chi connectivity index (χ2v) is 14.1. The van der Waals surface area contributed by atoms with E-state index in [1.807, 2.05) is 12.1 Å². The summed E-state index contributed by atoms with van der Waals surface area (Å²) in [4.78, 5) is 13.9. The summed E-state index contributed by atoms with van der Waals surface area (Å²) < 4.78 is 13.4. The van der Waals surface area contributed by atoms with Crippen molar-refractivity contribution in [2.24, 2.45) is 0 Å². The third-order valence-corrected chi connectivity index (χ3v) is 6.49. The number of aromatic nitrogens is 2. The number of carboxylic acid groups (broad SMARTS) is 1. The van der Waals surface area contributed by atoms with E-state index in [9.17, 15) is 9.90 Å². The molecule has 1 aliphatic heterocycles. The summed E-state index contributed by atoms with van der Waals surface area (Å²) >= 11 is 0. The number of likely N-dealkylation sites (N-methyl/N-ethyl adjacent to an activating group) is 1. The summed E-state index contributed by atoms with van der Waals surface area (Å²) in [5, 5.41) is 14.4. The van der Waals surface area contributed by atoms with E-state index in [4.69, 9.17) is 9.47 Å². The highest BCUT2D eigenvalue weighted by Crippen LogP contribution is 2.26. The molecule has 0 radical (unpaired) electrons. The summed E-state index contributed by atoms with van der Waals surface area (Å²) in [6.07, 6.45) is 1.12. The quantitative estimate of drug-likeness (QED) is 0.550. The largest absolute Gasteiger partial charge is 0.489 e. The highest BCUT2D eigenvalue weighted by atomic mass is 28.3. The van der Waals surface area contributed by atoms with Gasteiger partial charge in [0.1, 0.15) is 18.6 Å². The fourth-order valence-corrected chi connectivity index (χ4v) is 3.96. The van der Waals surface area contributed by atoms with Gasteiger partial charge in [0.15, 0.2) is 5.69 Å². The van der Waals surface area contributed by atoms with Gasteiger partial charge in [-0.3, -0.25) is 0 Å². The molecule has 8 heteroatoms. The smallest absolute Gasteiger partial charge is 0.357 e. The van der Waals surface area contributed by atoms with Crippen molar-refractivity contribution in [2.75, 3.05) is 26.7 Å². The lowest BCUT2D eigenvalue weighted by Crippen LogP contribution is -2.22. The van der Waals surface area contributed by atoms with E-state index < -0.39 is 14.0 Å². The summed E-state index contributed by atoms with van der Waals surface area (Å²) in [7, 11) is 0.910. The SMILES string of the molecule is CN1CCC(Oc2ccc3c(c2)c(C(=O)O)nn3COCC[Si](C)(C)C)C1. The maximum atomic E-state index is 11.6. The Hall–Kier alpha value is -1.90. The molecule has 1 aromatic carbocycles. The molecule has 0 spiro atoms. The molecule has 0 amide bonds. The molecule has 2 aromatic rings. The molecule has 0 aliphatic carbocycles. The zero-order chi connectivity index (χ0) is 19.6. The Morgan fingerprint density at radius 3 is 2.78 bits per heavy atom. The molecule has 0 saturated carbocycles. The first kappa shape index (κ1) is 19.8. The third-order valence-electron chi connectivity index (χ3n) is 4.79. The number of benzene rings is 1. The zero-order valence-electron chi connectivity index (χ0n) is 16.6. The van der Waals surface area contributed by atoms with Gasteiger partial charge >= 0.3 is 5.97 Å². The van der Waals surface area contributed by atoms with Crippen LogP contribution in [-0.4, -0.2) is 66.7 Å². The minimum absolute atomic E-state index is 0.0350. The second kappa shape index (κ2) is 8.00. The van der Waals surface area contributed by atoms with E-state index in [2.05, 4.69) is 36.7 Å². The Morgan fingerprint density at radius 1 is 1.37 bits per heavy atom. The monoisotopic (exact) mass is 391 g/mol. The van der Waals surface area contributed by atoms with Gasteiger partial charge < -0.3 is 19.5 Å². The van der Waals surface area contributed by atoms with Crippen LogP contribution in [0.4, 0.5) is 0 Å². The maximum Gasteiger partial charge on any atom is 0.357 e. The number of hydrogen-bond donors (Lipinski definition) is 1. The van der Waals surface area contributed by atoms with Crippen LogP contribution >= 0.6 is 0 Å². The lowest BCUT2D eigenvalue weighted by molar-refractivity contribution is 0.0676. The minimum Gasteiger partial charge on any atom is -0.489 e. The number of fused-ring (bicyclic) bond motifs is 1. The molecule has 27 heavy (non-hydrogen) atoms. The zero-order valence-corrected chi connectivity index (χ0v) is 17.6. The third kappa shape index (κ3) is 5.09. The van der Waals surface area contributed by atoms with E-state index in [1.54, 1.807) is 10.7 Å². The van der Waals surface area contributed by atoms with Crippen molar-refractivity contribution in [2.45, 2.75) is 44.9 Å². The topological polar surface area (TPSA) is 76.8 Å². The van der Waals surface area contributed by atoms with Crippen LogP contribution in [0.5, 0.6) is 5.75 Å². The first-order valence-corrected chi connectivity index (χ1v) is 13.1. The van der Waals surface area contributed by atoms with Crippen molar-refractivity contribution < 1.29 is 19.4 Å². The van der Waals surface area contributed by atoms with Crippen molar-refractivity contribution in [3.8, 4) is 5.75 Å². The van der Waals surface area contributed by atoms with Crippen LogP contribution < -0.4 is 4.74 Å². The number of rotatable bonds is 8. The van der Waals surface area contributed by atoms with Gasteiger partial charge in [-0.05, 0) is 37.7 Å². The average molecular weight is 392 g/mol. The molecule has 3 rings (SSSR count). The lowest BCUT2D eigenvalue weighted by Gasteiger charge is -2.15. The Balaban J connectivity index is 1.76. The Labute approximate surface area is 160 Å². The molecule has 1 aromatic heterocycles.